The Balaban J connectivity index is 1.67. The fraction of sp³-hybridized carbons (Fsp3) is 0.318. The van der Waals surface area contributed by atoms with E-state index in [2.05, 4.69) is 37.5 Å². The molecule has 11 nitrogen and oxygen atoms in total. The van der Waals surface area contributed by atoms with Crippen molar-refractivity contribution in [2.75, 3.05) is 12.0 Å². The normalized spacial score (nSPS) is 10.9. The first-order chi connectivity index (χ1) is 16.6. The molecule has 0 bridgehead atoms. The molecule has 0 aliphatic heterocycles. The Morgan fingerprint density at radius 2 is 2.03 bits per heavy atom. The number of benzene rings is 1. The largest absolute Gasteiger partial charge is 0.465 e. The third-order valence-electron chi connectivity index (χ3n) is 5.22. The maximum atomic E-state index is 13.7. The van der Waals surface area contributed by atoms with Crippen molar-refractivity contribution in [2.45, 2.75) is 39.3 Å². The first-order valence-electron chi connectivity index (χ1n) is 10.8. The summed E-state index contributed by atoms with van der Waals surface area (Å²) < 4.78 is 6.68. The number of carbonyl (C=O) groups excluding carboxylic acids is 2. The van der Waals surface area contributed by atoms with Gasteiger partial charge < -0.3 is 9.30 Å². The highest BCUT2D eigenvalue weighted by molar-refractivity contribution is 7.09. The summed E-state index contributed by atoms with van der Waals surface area (Å²) in [6.07, 6.45) is 5.95. The van der Waals surface area contributed by atoms with E-state index in [1.165, 1.54) is 23.3 Å². The lowest BCUT2D eigenvalue weighted by atomic mass is 10.1. The minimum absolute atomic E-state index is 0.158. The van der Waals surface area contributed by atoms with Crippen molar-refractivity contribution in [3.05, 3.63) is 69.7 Å². The second kappa shape index (κ2) is 10.8. The maximum absolute atomic E-state index is 13.7. The number of nitrogens with zero attached hydrogens (tertiary/aromatic N) is 7. The first-order valence-corrected chi connectivity index (χ1v) is 11.6. The fourth-order valence-electron chi connectivity index (χ4n) is 3.45. The third-order valence-corrected chi connectivity index (χ3v) is 5.99. The Hall–Kier alpha value is -3.93. The SMILES string of the molecule is CCCCc1ncc(C(=O)N(Cc2nccs2)c2nn[nH]n2)n1Cc1ccc(C(=O)OC)cc1. The summed E-state index contributed by atoms with van der Waals surface area (Å²) in [5.41, 5.74) is 1.79. The Morgan fingerprint density at radius 1 is 1.21 bits per heavy atom. The molecule has 0 aliphatic carbocycles. The number of methoxy groups -OCH3 is 1. The van der Waals surface area contributed by atoms with Crippen LogP contribution in [0.2, 0.25) is 0 Å². The molecule has 0 saturated heterocycles. The van der Waals surface area contributed by atoms with Crippen LogP contribution in [0.4, 0.5) is 5.95 Å². The Labute approximate surface area is 199 Å². The lowest BCUT2D eigenvalue weighted by Crippen LogP contribution is -2.33. The molecular formula is C22H24N8O3S. The number of thiazole rings is 1. The van der Waals surface area contributed by atoms with Gasteiger partial charge in [0.1, 0.15) is 16.5 Å². The summed E-state index contributed by atoms with van der Waals surface area (Å²) in [7, 11) is 1.35. The van der Waals surface area contributed by atoms with Crippen LogP contribution >= 0.6 is 11.3 Å². The van der Waals surface area contributed by atoms with Crippen LogP contribution in [0, 0.1) is 0 Å². The molecule has 0 radical (unpaired) electrons. The number of rotatable bonds is 10. The Bertz CT molecular complexity index is 1220. The molecule has 3 aromatic heterocycles. The molecule has 3 heterocycles. The lowest BCUT2D eigenvalue weighted by Gasteiger charge is -2.19. The molecule has 1 aromatic carbocycles. The lowest BCUT2D eigenvalue weighted by molar-refractivity contribution is 0.0600. The molecular weight excluding hydrogens is 456 g/mol. The van der Waals surface area contributed by atoms with E-state index >= 15 is 0 Å². The molecule has 1 amide bonds. The highest BCUT2D eigenvalue weighted by Crippen LogP contribution is 2.20. The monoisotopic (exact) mass is 480 g/mol. The number of H-pyrrole nitrogens is 1. The van der Waals surface area contributed by atoms with Crippen molar-refractivity contribution in [1.29, 1.82) is 0 Å². The number of unbranched alkanes of at least 4 members (excludes halogenated alkanes) is 1. The predicted octanol–water partition coefficient (Wildman–Crippen LogP) is 2.88. The summed E-state index contributed by atoms with van der Waals surface area (Å²) in [4.78, 5) is 35.7. The minimum atomic E-state index is -0.397. The van der Waals surface area contributed by atoms with Crippen LogP contribution in [-0.2, 0) is 24.2 Å². The van der Waals surface area contributed by atoms with Crippen LogP contribution < -0.4 is 4.90 Å². The van der Waals surface area contributed by atoms with E-state index in [4.69, 9.17) is 4.74 Å². The van der Waals surface area contributed by atoms with Gasteiger partial charge in [0.2, 0.25) is 0 Å². The number of carbonyl (C=O) groups is 2. The minimum Gasteiger partial charge on any atom is -0.465 e. The number of hydrogen-bond donors (Lipinski definition) is 1. The maximum Gasteiger partial charge on any atom is 0.337 e. The van der Waals surface area contributed by atoms with Crippen molar-refractivity contribution in [1.82, 2.24) is 35.2 Å². The van der Waals surface area contributed by atoms with Gasteiger partial charge in [0.05, 0.1) is 25.4 Å². The van der Waals surface area contributed by atoms with Gasteiger partial charge in [-0.1, -0.05) is 30.6 Å². The summed E-state index contributed by atoms with van der Waals surface area (Å²) >= 11 is 1.44. The van der Waals surface area contributed by atoms with E-state index in [9.17, 15) is 9.59 Å². The first kappa shape index (κ1) is 23.2. The summed E-state index contributed by atoms with van der Waals surface area (Å²) in [6, 6.07) is 7.10. The number of tetrazole rings is 1. The van der Waals surface area contributed by atoms with Crippen LogP contribution in [0.25, 0.3) is 0 Å². The van der Waals surface area contributed by atoms with E-state index < -0.39 is 5.97 Å². The number of anilines is 1. The van der Waals surface area contributed by atoms with Crippen molar-refractivity contribution >= 4 is 29.2 Å². The molecule has 0 saturated carbocycles. The molecule has 12 heteroatoms. The number of aromatic nitrogens is 7. The second-order valence-corrected chi connectivity index (χ2v) is 8.45. The quantitative estimate of drug-likeness (QED) is 0.343. The van der Waals surface area contributed by atoms with E-state index in [-0.39, 0.29) is 18.4 Å². The van der Waals surface area contributed by atoms with Crippen molar-refractivity contribution in [2.24, 2.45) is 0 Å². The molecule has 4 rings (SSSR count). The van der Waals surface area contributed by atoms with Gasteiger partial charge in [-0.15, -0.1) is 16.4 Å². The van der Waals surface area contributed by atoms with E-state index in [0.717, 1.165) is 35.7 Å². The molecule has 4 aromatic rings. The van der Waals surface area contributed by atoms with Gasteiger partial charge in [-0.3, -0.25) is 9.69 Å². The highest BCUT2D eigenvalue weighted by Gasteiger charge is 2.27. The van der Waals surface area contributed by atoms with Gasteiger partial charge in [0.15, 0.2) is 0 Å². The van der Waals surface area contributed by atoms with Crippen molar-refractivity contribution < 1.29 is 14.3 Å². The number of hydrogen-bond acceptors (Lipinski definition) is 9. The van der Waals surface area contributed by atoms with Crippen LogP contribution in [0.1, 0.15) is 57.0 Å². The molecule has 1 N–H and O–H groups in total. The molecule has 176 valence electrons. The van der Waals surface area contributed by atoms with Crippen molar-refractivity contribution in [3.8, 4) is 0 Å². The Morgan fingerprint density at radius 3 is 2.68 bits per heavy atom. The number of nitrogens with one attached hydrogen (secondary N) is 1. The van der Waals surface area contributed by atoms with Crippen LogP contribution in [0.15, 0.2) is 42.0 Å². The number of ether oxygens (including phenoxy) is 1. The van der Waals surface area contributed by atoms with E-state index in [0.29, 0.717) is 17.8 Å². The average Bonchev–Trinajstić information content (AvgIpc) is 3.64. The average molecular weight is 481 g/mol. The second-order valence-electron chi connectivity index (χ2n) is 7.47. The number of aromatic amines is 1. The van der Waals surface area contributed by atoms with E-state index in [1.807, 2.05) is 22.1 Å². The number of aryl methyl sites for hydroxylation is 1. The van der Waals surface area contributed by atoms with E-state index in [1.54, 1.807) is 24.5 Å². The summed E-state index contributed by atoms with van der Waals surface area (Å²) in [5, 5.41) is 16.6. The topological polar surface area (TPSA) is 132 Å². The van der Waals surface area contributed by atoms with Gasteiger partial charge in [-0.05, 0) is 29.3 Å². The number of esters is 1. The van der Waals surface area contributed by atoms with Gasteiger partial charge in [-0.25, -0.2) is 14.8 Å². The molecule has 0 aliphatic rings. The fourth-order valence-corrected chi connectivity index (χ4v) is 4.06. The highest BCUT2D eigenvalue weighted by atomic mass is 32.1. The smallest absolute Gasteiger partial charge is 0.337 e. The summed E-state index contributed by atoms with van der Waals surface area (Å²) in [5.74, 6) is 0.264. The zero-order valence-corrected chi connectivity index (χ0v) is 19.7. The van der Waals surface area contributed by atoms with Crippen LogP contribution in [-0.4, -0.2) is 54.1 Å². The molecule has 0 fully saturated rings. The molecule has 34 heavy (non-hydrogen) atoms. The number of amides is 1. The Kier molecular flexibility index (Phi) is 7.38. The zero-order chi connectivity index (χ0) is 23.9. The van der Waals surface area contributed by atoms with Crippen LogP contribution in [0.5, 0.6) is 0 Å². The van der Waals surface area contributed by atoms with Gasteiger partial charge in [-0.2, -0.15) is 5.21 Å². The summed E-state index contributed by atoms with van der Waals surface area (Å²) in [6.45, 7) is 2.73. The third kappa shape index (κ3) is 5.17. The zero-order valence-electron chi connectivity index (χ0n) is 18.8. The van der Waals surface area contributed by atoms with Crippen LogP contribution in [0.3, 0.4) is 0 Å². The molecule has 0 spiro atoms. The van der Waals surface area contributed by atoms with Gasteiger partial charge >= 0.3 is 5.97 Å². The molecule has 0 atom stereocenters. The van der Waals surface area contributed by atoms with Crippen molar-refractivity contribution in [3.63, 3.8) is 0 Å². The number of imidazole rings is 1. The van der Waals surface area contributed by atoms with Gasteiger partial charge in [0.25, 0.3) is 11.9 Å². The predicted molar refractivity (Wildman–Crippen MR) is 125 cm³/mol. The van der Waals surface area contributed by atoms with Gasteiger partial charge in [0, 0.05) is 24.5 Å². The standard InChI is InChI=1S/C22H24N8O3S/c1-3-4-5-18-24-12-17(29(18)13-15-6-8-16(9-7-15)21(32)33-2)20(31)30(22-25-27-28-26-22)14-19-23-10-11-34-19/h6-12H,3-5,13-14H2,1-2H3,(H,25,26,27,28). The molecule has 0 unspecified atom stereocenters.